The summed E-state index contributed by atoms with van der Waals surface area (Å²) in [7, 11) is 0. The Labute approximate surface area is 134 Å². The minimum Gasteiger partial charge on any atom is -0.352 e. The molecule has 0 aliphatic carbocycles. The van der Waals surface area contributed by atoms with Gasteiger partial charge in [0.25, 0.3) is 11.5 Å². The van der Waals surface area contributed by atoms with Gasteiger partial charge in [0.05, 0.1) is 0 Å². The largest absolute Gasteiger partial charge is 0.431 e. The monoisotopic (exact) mass is 342 g/mol. The molecule has 0 aliphatic rings. The van der Waals surface area contributed by atoms with Crippen LogP contribution in [0.5, 0.6) is 0 Å². The van der Waals surface area contributed by atoms with Gasteiger partial charge < -0.3 is 10.3 Å². The Morgan fingerprint density at radius 3 is 2.54 bits per heavy atom. The van der Waals surface area contributed by atoms with Gasteiger partial charge in [-0.15, -0.1) is 0 Å². The van der Waals surface area contributed by atoms with Crippen LogP contribution >= 0.6 is 0 Å². The number of carbonyl (C=O) groups is 1. The van der Waals surface area contributed by atoms with Crippen molar-refractivity contribution >= 4 is 5.91 Å². The number of aryl methyl sites for hydroxylation is 1. The molecule has 2 rings (SSSR count). The van der Waals surface area contributed by atoms with Crippen LogP contribution in [0, 0.1) is 5.82 Å². The number of H-pyrrole nitrogens is 1. The zero-order valence-electron chi connectivity index (χ0n) is 12.4. The van der Waals surface area contributed by atoms with Crippen molar-refractivity contribution in [2.75, 3.05) is 6.54 Å². The molecule has 0 saturated heterocycles. The first-order valence-electron chi connectivity index (χ1n) is 7.10. The van der Waals surface area contributed by atoms with Crippen LogP contribution in [0.2, 0.25) is 0 Å². The van der Waals surface area contributed by atoms with Crippen LogP contribution in [0.3, 0.4) is 0 Å². The molecule has 0 radical (unpaired) electrons. The second-order valence-corrected chi connectivity index (χ2v) is 5.10. The number of nitrogens with one attached hydrogen (secondary N) is 2. The van der Waals surface area contributed by atoms with Gasteiger partial charge >= 0.3 is 6.18 Å². The lowest BCUT2D eigenvalue weighted by atomic mass is 10.1. The average molecular weight is 342 g/mol. The fourth-order valence-corrected chi connectivity index (χ4v) is 2.10. The van der Waals surface area contributed by atoms with Crippen LogP contribution in [-0.2, 0) is 12.6 Å². The molecule has 8 heteroatoms. The Balaban J connectivity index is 1.90. The highest BCUT2D eigenvalue weighted by Gasteiger charge is 2.32. The van der Waals surface area contributed by atoms with Crippen LogP contribution < -0.4 is 10.9 Å². The molecule has 2 N–H and O–H groups in total. The summed E-state index contributed by atoms with van der Waals surface area (Å²) in [5.41, 5.74) is -1.95. The summed E-state index contributed by atoms with van der Waals surface area (Å²) in [6, 6.07) is 7.49. The van der Waals surface area contributed by atoms with Crippen molar-refractivity contribution in [2.45, 2.75) is 19.0 Å². The molecular formula is C16H14F4N2O2. The number of benzene rings is 1. The van der Waals surface area contributed by atoms with E-state index in [4.69, 9.17) is 0 Å². The predicted molar refractivity (Wildman–Crippen MR) is 79.1 cm³/mol. The number of halogens is 4. The summed E-state index contributed by atoms with van der Waals surface area (Å²) in [6.07, 6.45) is -3.67. The van der Waals surface area contributed by atoms with Gasteiger partial charge in [0.2, 0.25) is 0 Å². The molecule has 4 nitrogen and oxygen atoms in total. The van der Waals surface area contributed by atoms with Crippen molar-refractivity contribution in [2.24, 2.45) is 0 Å². The molecule has 24 heavy (non-hydrogen) atoms. The Morgan fingerprint density at radius 2 is 1.92 bits per heavy atom. The number of pyridine rings is 1. The average Bonchev–Trinajstić information content (AvgIpc) is 2.50. The van der Waals surface area contributed by atoms with Gasteiger partial charge in [0, 0.05) is 6.54 Å². The van der Waals surface area contributed by atoms with Gasteiger partial charge in [0.15, 0.2) is 0 Å². The zero-order chi connectivity index (χ0) is 17.7. The molecule has 1 aromatic carbocycles. The number of hydrogen-bond acceptors (Lipinski definition) is 2. The molecular weight excluding hydrogens is 328 g/mol. The van der Waals surface area contributed by atoms with Gasteiger partial charge in [0.1, 0.15) is 17.1 Å². The number of aromatic amines is 1. The first-order valence-corrected chi connectivity index (χ1v) is 7.10. The van der Waals surface area contributed by atoms with Crippen molar-refractivity contribution in [3.8, 4) is 0 Å². The minimum absolute atomic E-state index is 0.204. The van der Waals surface area contributed by atoms with Gasteiger partial charge in [-0.2, -0.15) is 13.2 Å². The number of aromatic nitrogens is 1. The summed E-state index contributed by atoms with van der Waals surface area (Å²) in [5.74, 6) is -1.11. The molecule has 1 amide bonds. The molecule has 0 aliphatic heterocycles. The summed E-state index contributed by atoms with van der Waals surface area (Å²) in [4.78, 5) is 25.0. The predicted octanol–water partition coefficient (Wildman–Crippen LogP) is 2.90. The summed E-state index contributed by atoms with van der Waals surface area (Å²) in [5, 5.41) is 2.45. The topological polar surface area (TPSA) is 62.0 Å². The van der Waals surface area contributed by atoms with Crippen molar-refractivity contribution in [1.82, 2.24) is 10.3 Å². The normalized spacial score (nSPS) is 11.3. The number of hydrogen-bond donors (Lipinski definition) is 2. The second-order valence-electron chi connectivity index (χ2n) is 5.10. The fourth-order valence-electron chi connectivity index (χ4n) is 2.10. The first kappa shape index (κ1) is 17.7. The third kappa shape index (κ3) is 4.68. The van der Waals surface area contributed by atoms with Gasteiger partial charge in [-0.3, -0.25) is 9.59 Å². The fraction of sp³-hybridized carbons (Fsp3) is 0.250. The first-order chi connectivity index (χ1) is 11.3. The minimum atomic E-state index is -4.68. The molecule has 0 atom stereocenters. The highest BCUT2D eigenvalue weighted by atomic mass is 19.4. The van der Waals surface area contributed by atoms with Crippen molar-refractivity contribution in [3.05, 3.63) is 69.4 Å². The molecule has 1 aromatic heterocycles. The van der Waals surface area contributed by atoms with E-state index in [1.54, 1.807) is 17.1 Å². The van der Waals surface area contributed by atoms with Crippen molar-refractivity contribution in [3.63, 3.8) is 0 Å². The van der Waals surface area contributed by atoms with Crippen molar-refractivity contribution in [1.29, 1.82) is 0 Å². The van der Waals surface area contributed by atoms with Gasteiger partial charge in [-0.05, 0) is 42.7 Å². The summed E-state index contributed by atoms with van der Waals surface area (Å²) < 4.78 is 50.3. The van der Waals surface area contributed by atoms with E-state index in [-0.39, 0.29) is 12.4 Å². The highest BCUT2D eigenvalue weighted by Crippen LogP contribution is 2.26. The van der Waals surface area contributed by atoms with E-state index in [0.29, 0.717) is 18.9 Å². The maximum Gasteiger partial charge on any atom is 0.431 e. The molecule has 2 aromatic rings. The van der Waals surface area contributed by atoms with E-state index < -0.39 is 28.9 Å². The van der Waals surface area contributed by atoms with Crippen LogP contribution in [-0.4, -0.2) is 17.4 Å². The molecule has 128 valence electrons. The van der Waals surface area contributed by atoms with E-state index in [2.05, 4.69) is 5.32 Å². The molecule has 0 saturated carbocycles. The van der Waals surface area contributed by atoms with Crippen LogP contribution in [0.1, 0.15) is 28.0 Å². The Morgan fingerprint density at radius 1 is 1.17 bits per heavy atom. The lowest BCUT2D eigenvalue weighted by molar-refractivity contribution is -0.141. The summed E-state index contributed by atoms with van der Waals surface area (Å²) >= 11 is 0. The standard InChI is InChI=1S/C16H14F4N2O2/c17-11-5-1-3-10(9-11)4-2-8-21-14(23)12-6-7-13(16(18,19)20)22-15(12)24/h1,3,5-7,9H,2,4,8H2,(H,21,23)(H,22,24). The quantitative estimate of drug-likeness (QED) is 0.648. The van der Waals surface area contributed by atoms with E-state index >= 15 is 0 Å². The number of carbonyl (C=O) groups excluding carboxylic acids is 1. The molecule has 0 bridgehead atoms. The van der Waals surface area contributed by atoms with Crippen LogP contribution in [0.15, 0.2) is 41.2 Å². The van der Waals surface area contributed by atoms with E-state index in [0.717, 1.165) is 11.6 Å². The second kappa shape index (κ2) is 7.29. The van der Waals surface area contributed by atoms with E-state index in [1.165, 1.54) is 12.1 Å². The lowest BCUT2D eigenvalue weighted by Crippen LogP contribution is -2.31. The summed E-state index contributed by atoms with van der Waals surface area (Å²) in [6.45, 7) is 0.204. The third-order valence-electron chi connectivity index (χ3n) is 3.28. The molecule has 0 fully saturated rings. The van der Waals surface area contributed by atoms with Crippen LogP contribution in [0.4, 0.5) is 17.6 Å². The molecule has 1 heterocycles. The number of alkyl halides is 3. The third-order valence-corrected chi connectivity index (χ3v) is 3.28. The Kier molecular flexibility index (Phi) is 5.38. The van der Waals surface area contributed by atoms with Crippen molar-refractivity contribution < 1.29 is 22.4 Å². The van der Waals surface area contributed by atoms with E-state index in [9.17, 15) is 27.2 Å². The van der Waals surface area contributed by atoms with E-state index in [1.807, 2.05) is 0 Å². The number of amides is 1. The maximum atomic E-state index is 13.0. The smallest absolute Gasteiger partial charge is 0.352 e. The maximum absolute atomic E-state index is 13.0. The zero-order valence-corrected chi connectivity index (χ0v) is 12.4. The Bertz CT molecular complexity index is 784. The van der Waals surface area contributed by atoms with Gasteiger partial charge in [-0.1, -0.05) is 12.1 Å². The highest BCUT2D eigenvalue weighted by molar-refractivity contribution is 5.93. The SMILES string of the molecule is O=C(NCCCc1cccc(F)c1)c1ccc(C(F)(F)F)[nH]c1=O. The van der Waals surface area contributed by atoms with Crippen LogP contribution in [0.25, 0.3) is 0 Å². The lowest BCUT2D eigenvalue weighted by Gasteiger charge is -2.08. The number of rotatable bonds is 5. The molecule has 0 spiro atoms. The van der Waals surface area contributed by atoms with Gasteiger partial charge in [-0.25, -0.2) is 4.39 Å². The molecule has 0 unspecified atom stereocenters. The Hall–Kier alpha value is -2.64.